The highest BCUT2D eigenvalue weighted by atomic mass is 19.1. The van der Waals surface area contributed by atoms with Crippen molar-refractivity contribution in [2.24, 2.45) is 0 Å². The third-order valence-electron chi connectivity index (χ3n) is 6.14. The van der Waals surface area contributed by atoms with Crippen LogP contribution in [-0.2, 0) is 6.54 Å². The Morgan fingerprint density at radius 2 is 1.67 bits per heavy atom. The lowest BCUT2D eigenvalue weighted by atomic mass is 9.85. The van der Waals surface area contributed by atoms with Crippen LogP contribution in [0.2, 0.25) is 0 Å². The van der Waals surface area contributed by atoms with Crippen LogP contribution in [0.15, 0.2) is 42.5 Å². The number of rotatable bonds is 6. The molecule has 2 aliphatic rings. The molecule has 144 valence electrons. The molecule has 0 saturated carbocycles. The van der Waals surface area contributed by atoms with Crippen molar-refractivity contribution in [1.82, 2.24) is 10.2 Å². The maximum Gasteiger partial charge on any atom is 0.130 e. The fourth-order valence-electron chi connectivity index (χ4n) is 4.81. The summed E-state index contributed by atoms with van der Waals surface area (Å²) in [4.78, 5) is 2.56. The Morgan fingerprint density at radius 1 is 1.00 bits per heavy atom. The van der Waals surface area contributed by atoms with Gasteiger partial charge in [-0.3, -0.25) is 4.90 Å². The van der Waals surface area contributed by atoms with E-state index in [9.17, 15) is 13.9 Å². The summed E-state index contributed by atoms with van der Waals surface area (Å²) in [5.74, 6) is -0.137. The Labute approximate surface area is 159 Å². The number of nitrogens with zero attached hydrogens (tertiary/aromatic N) is 1. The summed E-state index contributed by atoms with van der Waals surface area (Å²) in [5, 5.41) is 12.9. The number of halogens is 2. The minimum Gasteiger partial charge on any atom is -0.508 e. The summed E-state index contributed by atoms with van der Waals surface area (Å²) in [6.07, 6.45) is 4.65. The zero-order valence-electron chi connectivity index (χ0n) is 15.4. The van der Waals surface area contributed by atoms with E-state index in [2.05, 4.69) is 16.3 Å². The van der Waals surface area contributed by atoms with E-state index in [1.807, 2.05) is 12.1 Å². The van der Waals surface area contributed by atoms with Gasteiger partial charge >= 0.3 is 0 Å². The lowest BCUT2D eigenvalue weighted by Crippen LogP contribution is -2.45. The molecule has 0 radical (unpaired) electrons. The van der Waals surface area contributed by atoms with Gasteiger partial charge in [-0.15, -0.1) is 0 Å². The number of nitrogens with one attached hydrogen (secondary N) is 1. The van der Waals surface area contributed by atoms with Crippen molar-refractivity contribution in [3.63, 3.8) is 0 Å². The van der Waals surface area contributed by atoms with E-state index < -0.39 is 11.6 Å². The van der Waals surface area contributed by atoms with Gasteiger partial charge in [0.2, 0.25) is 0 Å². The number of aromatic hydroxyl groups is 1. The zero-order valence-corrected chi connectivity index (χ0v) is 15.4. The van der Waals surface area contributed by atoms with Crippen LogP contribution in [0, 0.1) is 11.6 Å². The summed E-state index contributed by atoms with van der Waals surface area (Å²) < 4.78 is 27.4. The molecule has 2 aliphatic heterocycles. The first-order chi connectivity index (χ1) is 13.1. The minimum atomic E-state index is -0.491. The lowest BCUT2D eigenvalue weighted by Gasteiger charge is -2.39. The van der Waals surface area contributed by atoms with Gasteiger partial charge in [-0.25, -0.2) is 8.78 Å². The van der Waals surface area contributed by atoms with E-state index in [0.29, 0.717) is 23.8 Å². The summed E-state index contributed by atoms with van der Waals surface area (Å²) in [5.41, 5.74) is 1.35. The highest BCUT2D eigenvalue weighted by molar-refractivity contribution is 5.30. The Balaban J connectivity index is 1.30. The number of phenols is 1. The average molecular weight is 372 g/mol. The van der Waals surface area contributed by atoms with Gasteiger partial charge in [0.05, 0.1) is 0 Å². The van der Waals surface area contributed by atoms with Gasteiger partial charge in [-0.2, -0.15) is 0 Å². The number of hydrogen-bond donors (Lipinski definition) is 2. The van der Waals surface area contributed by atoms with Crippen LogP contribution in [0.3, 0.4) is 0 Å². The van der Waals surface area contributed by atoms with E-state index in [1.165, 1.54) is 36.6 Å². The van der Waals surface area contributed by atoms with E-state index in [-0.39, 0.29) is 12.1 Å². The molecule has 3 nitrogen and oxygen atoms in total. The number of hydrogen-bond acceptors (Lipinski definition) is 3. The number of benzene rings is 2. The van der Waals surface area contributed by atoms with Gasteiger partial charge in [0.15, 0.2) is 0 Å². The molecule has 2 aromatic rings. The third kappa shape index (κ3) is 3.99. The maximum atomic E-state index is 13.7. The van der Waals surface area contributed by atoms with Crippen molar-refractivity contribution in [3.05, 3.63) is 65.2 Å². The Kier molecular flexibility index (Phi) is 5.41. The Hall–Kier alpha value is -1.98. The Morgan fingerprint density at radius 3 is 2.33 bits per heavy atom. The average Bonchev–Trinajstić information content (AvgIpc) is 2.88. The monoisotopic (exact) mass is 372 g/mol. The topological polar surface area (TPSA) is 35.5 Å². The number of phenolic OH excluding ortho intramolecular Hbond substituents is 1. The highest BCUT2D eigenvalue weighted by Gasteiger charge is 2.40. The molecule has 2 heterocycles. The van der Waals surface area contributed by atoms with E-state index >= 15 is 0 Å². The third-order valence-corrected chi connectivity index (χ3v) is 6.14. The molecule has 0 spiro atoms. The first-order valence-electron chi connectivity index (χ1n) is 9.80. The second-order valence-corrected chi connectivity index (χ2v) is 7.76. The van der Waals surface area contributed by atoms with Gasteiger partial charge in [-0.05, 0) is 61.4 Å². The second kappa shape index (κ2) is 7.95. The van der Waals surface area contributed by atoms with Crippen LogP contribution in [0.1, 0.15) is 42.7 Å². The summed E-state index contributed by atoms with van der Waals surface area (Å²) in [7, 11) is 0. The number of fused-ring (bicyclic) bond motifs is 2. The first-order valence-corrected chi connectivity index (χ1v) is 9.80. The fraction of sp³-hybridized carbons (Fsp3) is 0.455. The van der Waals surface area contributed by atoms with E-state index in [0.717, 1.165) is 25.9 Å². The molecule has 2 N–H and O–H groups in total. The first kappa shape index (κ1) is 18.4. The lowest BCUT2D eigenvalue weighted by molar-refractivity contribution is 0.127. The van der Waals surface area contributed by atoms with E-state index in [4.69, 9.17) is 0 Å². The summed E-state index contributed by atoms with van der Waals surface area (Å²) in [6.45, 7) is 1.84. The molecule has 0 amide bonds. The van der Waals surface area contributed by atoms with Crippen molar-refractivity contribution < 1.29 is 13.9 Å². The molecule has 2 aromatic carbocycles. The molecule has 0 aromatic heterocycles. The normalized spacial score (nSPS) is 25.0. The maximum absolute atomic E-state index is 13.7. The predicted octanol–water partition coefficient (Wildman–Crippen LogP) is 4.17. The van der Waals surface area contributed by atoms with Crippen molar-refractivity contribution in [2.75, 3.05) is 13.1 Å². The summed E-state index contributed by atoms with van der Waals surface area (Å²) >= 11 is 0. The van der Waals surface area contributed by atoms with Crippen LogP contribution < -0.4 is 5.32 Å². The van der Waals surface area contributed by atoms with Gasteiger partial charge in [-0.1, -0.05) is 18.2 Å². The van der Waals surface area contributed by atoms with Crippen molar-refractivity contribution >= 4 is 0 Å². The quantitative estimate of drug-likeness (QED) is 0.747. The van der Waals surface area contributed by atoms with Gasteiger partial charge < -0.3 is 10.4 Å². The van der Waals surface area contributed by atoms with Crippen LogP contribution in [0.25, 0.3) is 0 Å². The molecule has 2 fully saturated rings. The highest BCUT2D eigenvalue weighted by Crippen LogP contribution is 2.43. The molecule has 2 atom stereocenters. The van der Waals surface area contributed by atoms with E-state index in [1.54, 1.807) is 6.07 Å². The van der Waals surface area contributed by atoms with Crippen LogP contribution in [-0.4, -0.2) is 35.2 Å². The largest absolute Gasteiger partial charge is 0.508 e. The predicted molar refractivity (Wildman–Crippen MR) is 102 cm³/mol. The molecular formula is C22H26F2N2O. The van der Waals surface area contributed by atoms with Crippen molar-refractivity contribution in [2.45, 2.75) is 50.2 Å². The molecular weight excluding hydrogens is 346 g/mol. The minimum absolute atomic E-state index is 0.114. The summed E-state index contributed by atoms with van der Waals surface area (Å²) in [6, 6.07) is 12.8. The molecule has 27 heavy (non-hydrogen) atoms. The van der Waals surface area contributed by atoms with Crippen molar-refractivity contribution in [3.8, 4) is 5.75 Å². The smallest absolute Gasteiger partial charge is 0.130 e. The second-order valence-electron chi connectivity index (χ2n) is 7.76. The molecule has 4 rings (SSSR count). The fourth-order valence-corrected chi connectivity index (χ4v) is 4.81. The Bertz CT molecular complexity index is 763. The molecule has 2 bridgehead atoms. The molecule has 2 unspecified atom stereocenters. The zero-order chi connectivity index (χ0) is 18.8. The SMILES string of the molecule is Oc1cccc(C2CC3CCC(C2)N3CCNCc2c(F)cccc2F)c1. The molecule has 2 saturated heterocycles. The molecule has 5 heteroatoms. The van der Waals surface area contributed by atoms with Gasteiger partial charge in [0, 0.05) is 37.3 Å². The van der Waals surface area contributed by atoms with Gasteiger partial charge in [0.1, 0.15) is 17.4 Å². The van der Waals surface area contributed by atoms with Crippen LogP contribution in [0.4, 0.5) is 8.78 Å². The van der Waals surface area contributed by atoms with Crippen LogP contribution in [0.5, 0.6) is 5.75 Å². The van der Waals surface area contributed by atoms with Gasteiger partial charge in [0.25, 0.3) is 0 Å². The number of piperidine rings is 1. The van der Waals surface area contributed by atoms with Crippen molar-refractivity contribution in [1.29, 1.82) is 0 Å². The molecule has 0 aliphatic carbocycles. The standard InChI is InChI=1S/C22H26F2N2O/c23-21-5-2-6-22(24)20(21)14-25-9-10-26-17-7-8-18(26)12-16(11-17)15-3-1-4-19(27)13-15/h1-6,13,16-18,25,27H,7-12,14H2. The van der Waals surface area contributed by atoms with Crippen LogP contribution >= 0.6 is 0 Å².